The van der Waals surface area contributed by atoms with Gasteiger partial charge in [-0.25, -0.2) is 4.79 Å². The summed E-state index contributed by atoms with van der Waals surface area (Å²) in [5.41, 5.74) is 0. The molecule has 0 aromatic rings. The van der Waals surface area contributed by atoms with Gasteiger partial charge < -0.3 is 14.9 Å². The summed E-state index contributed by atoms with van der Waals surface area (Å²) in [6.45, 7) is 4.34. The summed E-state index contributed by atoms with van der Waals surface area (Å²) in [6, 6.07) is 0.434. The molecule has 2 unspecified atom stereocenters. The van der Waals surface area contributed by atoms with E-state index in [1.54, 1.807) is 0 Å². The lowest BCUT2D eigenvalue weighted by atomic mass is 9.95. The molecular weight excluding hydrogens is 244 g/mol. The van der Waals surface area contributed by atoms with Crippen molar-refractivity contribution in [3.8, 4) is 0 Å². The molecule has 1 N–H and O–H groups in total. The van der Waals surface area contributed by atoms with Gasteiger partial charge in [0, 0.05) is 32.1 Å². The number of urea groups is 1. The fourth-order valence-electron chi connectivity index (χ4n) is 3.22. The molecular formula is C14H24N2O3. The Morgan fingerprint density at radius 2 is 1.95 bits per heavy atom. The highest BCUT2D eigenvalue weighted by Crippen LogP contribution is 2.23. The largest absolute Gasteiger partial charge is 0.481 e. The summed E-state index contributed by atoms with van der Waals surface area (Å²) in [4.78, 5) is 27.1. The van der Waals surface area contributed by atoms with Gasteiger partial charge in [-0.1, -0.05) is 0 Å². The van der Waals surface area contributed by atoms with Gasteiger partial charge >= 0.3 is 12.0 Å². The minimum absolute atomic E-state index is 0.113. The van der Waals surface area contributed by atoms with E-state index >= 15 is 0 Å². The summed E-state index contributed by atoms with van der Waals surface area (Å²) >= 11 is 0. The molecule has 0 bridgehead atoms. The van der Waals surface area contributed by atoms with Crippen LogP contribution in [-0.4, -0.2) is 52.6 Å². The lowest BCUT2D eigenvalue weighted by molar-refractivity contribution is -0.138. The van der Waals surface area contributed by atoms with Crippen molar-refractivity contribution >= 4 is 12.0 Å². The van der Waals surface area contributed by atoms with Gasteiger partial charge in [0.1, 0.15) is 0 Å². The molecule has 2 aliphatic heterocycles. The van der Waals surface area contributed by atoms with Gasteiger partial charge in [0.2, 0.25) is 0 Å². The zero-order chi connectivity index (χ0) is 13.8. The van der Waals surface area contributed by atoms with E-state index in [1.165, 1.54) is 6.42 Å². The Labute approximate surface area is 114 Å². The van der Waals surface area contributed by atoms with Crippen molar-refractivity contribution in [2.75, 3.05) is 19.6 Å². The van der Waals surface area contributed by atoms with Gasteiger partial charge in [-0.2, -0.15) is 0 Å². The summed E-state index contributed by atoms with van der Waals surface area (Å²) < 4.78 is 0. The van der Waals surface area contributed by atoms with Crippen LogP contribution in [-0.2, 0) is 4.79 Å². The predicted molar refractivity (Wildman–Crippen MR) is 72.0 cm³/mol. The van der Waals surface area contributed by atoms with Crippen molar-refractivity contribution in [1.82, 2.24) is 9.80 Å². The topological polar surface area (TPSA) is 60.9 Å². The van der Waals surface area contributed by atoms with E-state index in [2.05, 4.69) is 6.92 Å². The number of carbonyl (C=O) groups excluding carboxylic acids is 1. The molecule has 2 amide bonds. The first-order valence-electron chi connectivity index (χ1n) is 7.35. The third-order valence-corrected chi connectivity index (χ3v) is 4.30. The van der Waals surface area contributed by atoms with Crippen molar-refractivity contribution in [3.63, 3.8) is 0 Å². The quantitative estimate of drug-likeness (QED) is 0.835. The van der Waals surface area contributed by atoms with Crippen molar-refractivity contribution in [2.24, 2.45) is 5.92 Å². The summed E-state index contributed by atoms with van der Waals surface area (Å²) in [5, 5.41) is 8.87. The van der Waals surface area contributed by atoms with Gasteiger partial charge in [-0.05, 0) is 44.9 Å². The number of likely N-dealkylation sites (tertiary alicyclic amines) is 2. The zero-order valence-electron chi connectivity index (χ0n) is 11.7. The molecule has 0 aliphatic carbocycles. The number of piperidine rings is 2. The fraction of sp³-hybridized carbons (Fsp3) is 0.857. The highest BCUT2D eigenvalue weighted by Gasteiger charge is 2.31. The first-order chi connectivity index (χ1) is 9.08. The van der Waals surface area contributed by atoms with E-state index in [0.29, 0.717) is 12.6 Å². The Morgan fingerprint density at radius 3 is 2.63 bits per heavy atom. The highest BCUT2D eigenvalue weighted by atomic mass is 16.4. The molecule has 2 atom stereocenters. The van der Waals surface area contributed by atoms with Crippen LogP contribution in [0.1, 0.15) is 45.4 Å². The smallest absolute Gasteiger partial charge is 0.320 e. The van der Waals surface area contributed by atoms with Gasteiger partial charge in [0.15, 0.2) is 0 Å². The van der Waals surface area contributed by atoms with Crippen LogP contribution in [0.4, 0.5) is 4.79 Å². The first-order valence-corrected chi connectivity index (χ1v) is 7.35. The predicted octanol–water partition coefficient (Wildman–Crippen LogP) is 2.17. The number of nitrogens with zero attached hydrogens (tertiary/aromatic N) is 2. The normalized spacial score (nSPS) is 28.3. The molecule has 2 rings (SSSR count). The summed E-state index contributed by atoms with van der Waals surface area (Å²) in [6.07, 6.45) is 5.39. The number of carbonyl (C=O) groups is 2. The third kappa shape index (κ3) is 3.61. The lowest BCUT2D eigenvalue weighted by Crippen LogP contribution is -2.52. The number of hydrogen-bond donors (Lipinski definition) is 1. The molecule has 0 spiro atoms. The summed E-state index contributed by atoms with van der Waals surface area (Å²) in [7, 11) is 0. The van der Waals surface area contributed by atoms with Crippen LogP contribution in [0.3, 0.4) is 0 Å². The minimum atomic E-state index is -0.759. The van der Waals surface area contributed by atoms with E-state index < -0.39 is 5.97 Å². The van der Waals surface area contributed by atoms with E-state index in [1.807, 2.05) is 9.80 Å². The van der Waals surface area contributed by atoms with Crippen LogP contribution in [0, 0.1) is 5.92 Å². The van der Waals surface area contributed by atoms with Gasteiger partial charge in [0.25, 0.3) is 0 Å². The molecule has 0 saturated carbocycles. The molecule has 0 aromatic carbocycles. The second-order valence-electron chi connectivity index (χ2n) is 5.87. The van der Waals surface area contributed by atoms with E-state index in [9.17, 15) is 9.59 Å². The molecule has 2 heterocycles. The molecule has 0 radical (unpaired) electrons. The van der Waals surface area contributed by atoms with Crippen LogP contribution >= 0.6 is 0 Å². The minimum Gasteiger partial charge on any atom is -0.481 e. The molecule has 2 aliphatic rings. The maximum Gasteiger partial charge on any atom is 0.320 e. The maximum absolute atomic E-state index is 12.5. The van der Waals surface area contributed by atoms with Crippen LogP contribution < -0.4 is 0 Å². The third-order valence-electron chi connectivity index (χ3n) is 4.30. The van der Waals surface area contributed by atoms with E-state index in [4.69, 9.17) is 5.11 Å². The second-order valence-corrected chi connectivity index (χ2v) is 5.87. The van der Waals surface area contributed by atoms with Crippen LogP contribution in [0.5, 0.6) is 0 Å². The number of aliphatic carboxylic acids is 1. The van der Waals surface area contributed by atoms with Crippen LogP contribution in [0.2, 0.25) is 0 Å². The molecule has 0 aromatic heterocycles. The van der Waals surface area contributed by atoms with E-state index in [-0.39, 0.29) is 18.4 Å². The molecule has 5 heteroatoms. The highest BCUT2D eigenvalue weighted by molar-refractivity contribution is 5.75. The van der Waals surface area contributed by atoms with Crippen LogP contribution in [0.15, 0.2) is 0 Å². The van der Waals surface area contributed by atoms with Gasteiger partial charge in [-0.3, -0.25) is 4.79 Å². The van der Waals surface area contributed by atoms with Gasteiger partial charge in [-0.15, -0.1) is 0 Å². The number of carboxylic acids is 1. The number of carboxylic acid groups (broad SMARTS) is 1. The Morgan fingerprint density at radius 1 is 1.16 bits per heavy atom. The Balaban J connectivity index is 1.92. The molecule has 2 saturated heterocycles. The van der Waals surface area contributed by atoms with Crippen molar-refractivity contribution < 1.29 is 14.7 Å². The Kier molecular flexibility index (Phi) is 4.66. The lowest BCUT2D eigenvalue weighted by Gasteiger charge is -2.40. The standard InChI is InChI=1S/C14H24N2O3/c1-11-5-2-3-8-16(11)14(19)15-7-4-6-12(10-15)9-13(17)18/h11-12H,2-10H2,1H3,(H,17,18). The average molecular weight is 268 g/mol. The Bertz CT molecular complexity index is 346. The average Bonchev–Trinajstić information content (AvgIpc) is 2.38. The maximum atomic E-state index is 12.5. The first kappa shape index (κ1) is 14.2. The number of amides is 2. The summed E-state index contributed by atoms with van der Waals surface area (Å²) in [5.74, 6) is -0.638. The van der Waals surface area contributed by atoms with Crippen molar-refractivity contribution in [2.45, 2.75) is 51.5 Å². The number of rotatable bonds is 2. The van der Waals surface area contributed by atoms with Crippen molar-refractivity contribution in [3.05, 3.63) is 0 Å². The molecule has 5 nitrogen and oxygen atoms in total. The van der Waals surface area contributed by atoms with E-state index in [0.717, 1.165) is 38.8 Å². The molecule has 108 valence electrons. The SMILES string of the molecule is CC1CCCCN1C(=O)N1CCCC(CC(=O)O)C1. The van der Waals surface area contributed by atoms with Gasteiger partial charge in [0.05, 0.1) is 0 Å². The second kappa shape index (κ2) is 6.26. The van der Waals surface area contributed by atoms with Crippen molar-refractivity contribution in [1.29, 1.82) is 0 Å². The Hall–Kier alpha value is -1.26. The zero-order valence-corrected chi connectivity index (χ0v) is 11.7. The van der Waals surface area contributed by atoms with Crippen LogP contribution in [0.25, 0.3) is 0 Å². The fourth-order valence-corrected chi connectivity index (χ4v) is 3.22. The molecule has 2 fully saturated rings. The molecule has 19 heavy (non-hydrogen) atoms. The monoisotopic (exact) mass is 268 g/mol. The number of hydrogen-bond acceptors (Lipinski definition) is 2.